The number of nitrogens with zero attached hydrogens (tertiary/aromatic N) is 4. The molecule has 0 aliphatic carbocycles. The number of likely N-dealkylation sites (tertiary alicyclic amines) is 1. The molecule has 0 radical (unpaired) electrons. The summed E-state index contributed by atoms with van der Waals surface area (Å²) in [5.74, 6) is -7.11. The number of primary amides is 1. The van der Waals surface area contributed by atoms with Crippen molar-refractivity contribution < 1.29 is 76.6 Å². The number of rotatable bonds is 34. The third-order valence-corrected chi connectivity index (χ3v) is 15.8. The molecule has 2 unspecified atom stereocenters. The van der Waals surface area contributed by atoms with Crippen molar-refractivity contribution >= 4 is 76.8 Å². The summed E-state index contributed by atoms with van der Waals surface area (Å²) in [6.07, 6.45) is -0.372. The fourth-order valence-electron chi connectivity index (χ4n) is 10.6. The summed E-state index contributed by atoms with van der Waals surface area (Å²) < 4.78 is 17.4. The van der Waals surface area contributed by atoms with Gasteiger partial charge in [0.15, 0.2) is 0 Å². The van der Waals surface area contributed by atoms with E-state index in [1.54, 1.807) is 96.7 Å². The van der Waals surface area contributed by atoms with Crippen LogP contribution in [0, 0.1) is 29.6 Å². The smallest absolute Gasteiger partial charge is 0.410 e. The summed E-state index contributed by atoms with van der Waals surface area (Å²) in [7, 11) is 6.11. The maximum Gasteiger partial charge on any atom is 0.410 e. The van der Waals surface area contributed by atoms with Crippen LogP contribution in [0.1, 0.15) is 145 Å². The number of carbonyl (C=O) groups is 12. The Hall–Kier alpha value is -7.22. The molecule has 7 N–H and O–H groups in total. The molecule has 26 nitrogen and oxygen atoms in total. The number of likely N-dealkylation sites (N-methyl/N-ethyl adjacent to an activating group) is 2. The molecular weight excluding hydrogens is 1100 g/mol. The van der Waals surface area contributed by atoms with Gasteiger partial charge in [-0.2, -0.15) is 0 Å². The Morgan fingerprint density at radius 2 is 1.38 bits per heavy atom. The predicted molar refractivity (Wildman–Crippen MR) is 312 cm³/mol. The lowest BCUT2D eigenvalue weighted by Crippen LogP contribution is -2.60. The minimum absolute atomic E-state index is 0.0169. The Morgan fingerprint density at radius 3 is 1.92 bits per heavy atom. The van der Waals surface area contributed by atoms with Crippen LogP contribution < -0.4 is 32.3 Å². The van der Waals surface area contributed by atoms with Gasteiger partial charge >= 0.3 is 18.1 Å². The first-order valence-corrected chi connectivity index (χ1v) is 29.4. The Balaban J connectivity index is 1.67. The Labute approximate surface area is 499 Å². The lowest BCUT2D eigenvalue weighted by Gasteiger charge is -2.41. The Morgan fingerprint density at radius 1 is 0.753 bits per heavy atom. The quantitative estimate of drug-likeness (QED) is 0.0423. The number of ether oxygens (including phenoxy) is 3. The van der Waals surface area contributed by atoms with Crippen molar-refractivity contribution in [1.82, 2.24) is 41.0 Å². The van der Waals surface area contributed by atoms with Gasteiger partial charge in [-0.05, 0) is 80.4 Å². The number of hydrogen-bond acceptors (Lipinski definition) is 16. The largest absolute Gasteiger partial charge is 0.445 e. The zero-order valence-electron chi connectivity index (χ0n) is 52.1. The Bertz CT molecular complexity index is 2480. The number of nitrogens with two attached hydrogens (primary N) is 1. The molecule has 2 saturated heterocycles. The van der Waals surface area contributed by atoms with E-state index < -0.39 is 126 Å². The lowest BCUT2D eigenvalue weighted by atomic mass is 9.89. The van der Waals surface area contributed by atoms with Crippen LogP contribution in [-0.4, -0.2) is 181 Å². The van der Waals surface area contributed by atoms with E-state index in [4.69, 9.17) is 24.8 Å². The number of benzene rings is 1. The molecule has 2 aliphatic rings. The number of methoxy groups -OCH3 is 2. The molecule has 0 spiro atoms. The van der Waals surface area contributed by atoms with Gasteiger partial charge in [0.05, 0.1) is 30.7 Å². The molecule has 0 aromatic heterocycles. The fraction of sp³-hybridized carbons (Fsp3) is 0.695. The van der Waals surface area contributed by atoms with E-state index >= 15 is 0 Å². The van der Waals surface area contributed by atoms with Crippen LogP contribution >= 0.6 is 0 Å². The number of ketones is 1. The van der Waals surface area contributed by atoms with E-state index in [-0.39, 0.29) is 88.2 Å². The van der Waals surface area contributed by atoms with Gasteiger partial charge in [0.2, 0.25) is 35.4 Å². The van der Waals surface area contributed by atoms with E-state index in [1.807, 2.05) is 13.8 Å². The van der Waals surface area contributed by atoms with E-state index in [9.17, 15) is 57.5 Å². The normalized spacial score (nSPS) is 17.4. The summed E-state index contributed by atoms with van der Waals surface area (Å²) in [5, 5.41) is 13.9. The van der Waals surface area contributed by atoms with Gasteiger partial charge in [0.25, 0.3) is 11.8 Å². The van der Waals surface area contributed by atoms with Gasteiger partial charge in [0.1, 0.15) is 36.6 Å². The molecule has 0 saturated carbocycles. The second-order valence-electron chi connectivity index (χ2n) is 23.2. The molecule has 85 heavy (non-hydrogen) atoms. The summed E-state index contributed by atoms with van der Waals surface area (Å²) in [6, 6.07) is 0.244. The van der Waals surface area contributed by atoms with Crippen LogP contribution in [-0.2, 0) is 73.6 Å². The standard InChI is InChI=1S/C59H94N10O16/c1-15-36(8)52(43(82-13)31-47(74)68-30-18-20-42(68)53(83-14)37(9)38(10)70)66(11)57(79)50(34(4)5)65-56(78)51(35(6)7)67(12)59(81)84-32-39-23-25-40(26-24-39)62-54(76)41(19-17-29-61-58(60)80)63-55(77)49(33(2)3)64-44(71)21-16-22-48(75)85-69-45(72)27-28-46(69)73/h23-26,33-37,41-43,49-53H,15-22,27-32H2,1-14H3,(H,62,76)(H,63,77)(H,64,71)(H,65,78)(H3,60,61,80)/t36-,37-,41-,42-,43+,49?,50-,51-,52?,53+/m0/s1. The molecule has 1 aromatic carbocycles. The highest BCUT2D eigenvalue weighted by Gasteiger charge is 2.43. The minimum atomic E-state index is -1.16. The van der Waals surface area contributed by atoms with Crippen molar-refractivity contribution in [1.29, 1.82) is 0 Å². The van der Waals surface area contributed by atoms with Crippen LogP contribution in [0.2, 0.25) is 0 Å². The summed E-state index contributed by atoms with van der Waals surface area (Å²) in [4.78, 5) is 166. The molecule has 3 rings (SSSR count). The summed E-state index contributed by atoms with van der Waals surface area (Å²) >= 11 is 0. The third-order valence-electron chi connectivity index (χ3n) is 15.8. The number of urea groups is 1. The molecule has 2 fully saturated rings. The van der Waals surface area contributed by atoms with E-state index in [2.05, 4.69) is 26.6 Å². The zero-order chi connectivity index (χ0) is 64.0. The number of anilines is 1. The van der Waals surface area contributed by atoms with Crippen molar-refractivity contribution in [2.24, 2.45) is 35.3 Å². The second kappa shape index (κ2) is 34.7. The molecule has 11 amide bonds. The van der Waals surface area contributed by atoms with Crippen molar-refractivity contribution in [3.05, 3.63) is 29.8 Å². The number of carbonyl (C=O) groups excluding carboxylic acids is 12. The maximum absolute atomic E-state index is 14.6. The molecule has 476 valence electrons. The van der Waals surface area contributed by atoms with Crippen molar-refractivity contribution in [2.75, 3.05) is 46.7 Å². The highest BCUT2D eigenvalue weighted by Crippen LogP contribution is 2.30. The Kier molecular flexibility index (Phi) is 29.4. The first kappa shape index (κ1) is 72.0. The van der Waals surface area contributed by atoms with Crippen molar-refractivity contribution in [2.45, 2.75) is 195 Å². The van der Waals surface area contributed by atoms with Gasteiger partial charge in [-0.3, -0.25) is 48.1 Å². The highest BCUT2D eigenvalue weighted by molar-refractivity contribution is 6.02. The lowest BCUT2D eigenvalue weighted by molar-refractivity contribution is -0.197. The fourth-order valence-corrected chi connectivity index (χ4v) is 10.6. The zero-order valence-corrected chi connectivity index (χ0v) is 52.1. The SMILES string of the molecule is CC[C@H](C)C([C@@H](CC(=O)N1CCC[C@H]1[C@H](OC)[C@@H](C)C(C)=O)OC)N(C)C(=O)[C@@H](NC(=O)[C@H](C(C)C)N(C)C(=O)OCc1ccc(NC(=O)[C@H](CCCNC(N)=O)NC(=O)C(NC(=O)CCCC(=O)ON2C(=O)CCC2=O)C(C)C)cc1)C(C)C. The first-order valence-electron chi connectivity index (χ1n) is 29.4. The van der Waals surface area contributed by atoms with Crippen molar-refractivity contribution in [3.63, 3.8) is 0 Å². The van der Waals surface area contributed by atoms with Gasteiger partial charge < -0.3 is 61.2 Å². The van der Waals surface area contributed by atoms with Crippen LogP contribution in [0.4, 0.5) is 15.3 Å². The van der Waals surface area contributed by atoms with E-state index in [1.165, 1.54) is 26.0 Å². The number of hydrogen-bond donors (Lipinski definition) is 6. The van der Waals surface area contributed by atoms with Crippen LogP contribution in [0.5, 0.6) is 0 Å². The number of amides is 11. The molecule has 2 heterocycles. The van der Waals surface area contributed by atoms with Gasteiger partial charge in [-0.1, -0.05) is 80.9 Å². The van der Waals surface area contributed by atoms with E-state index in [0.29, 0.717) is 35.7 Å². The average molecular weight is 1200 g/mol. The molecule has 10 atom stereocenters. The van der Waals surface area contributed by atoms with Gasteiger partial charge in [-0.15, -0.1) is 5.06 Å². The first-order chi connectivity index (χ1) is 40.0. The summed E-state index contributed by atoms with van der Waals surface area (Å²) in [6.45, 7) is 18.1. The van der Waals surface area contributed by atoms with Crippen LogP contribution in [0.3, 0.4) is 0 Å². The predicted octanol–water partition coefficient (Wildman–Crippen LogP) is 3.72. The summed E-state index contributed by atoms with van der Waals surface area (Å²) in [5.41, 5.74) is 6.04. The van der Waals surface area contributed by atoms with Crippen molar-refractivity contribution in [3.8, 4) is 0 Å². The number of hydroxylamine groups is 2. The second-order valence-corrected chi connectivity index (χ2v) is 23.2. The van der Waals surface area contributed by atoms with Gasteiger partial charge in [-0.25, -0.2) is 14.4 Å². The minimum Gasteiger partial charge on any atom is -0.445 e. The number of imide groups is 1. The number of nitrogens with one attached hydrogen (secondary N) is 5. The van der Waals surface area contributed by atoms with E-state index in [0.717, 1.165) is 6.42 Å². The molecule has 2 aliphatic heterocycles. The average Bonchev–Trinajstić information content (AvgIpc) is 3.61. The molecule has 1 aromatic rings. The molecular formula is C59H94N10O16. The topological polar surface area (TPSA) is 341 Å². The number of Topliss-reactive ketones (excluding diaryl/α,β-unsaturated/α-hetero) is 1. The molecule has 0 bridgehead atoms. The monoisotopic (exact) mass is 1200 g/mol. The van der Waals surface area contributed by atoms with Crippen LogP contribution in [0.25, 0.3) is 0 Å². The van der Waals surface area contributed by atoms with Crippen LogP contribution in [0.15, 0.2) is 24.3 Å². The third kappa shape index (κ3) is 21.4. The molecule has 26 heteroatoms. The highest BCUT2D eigenvalue weighted by atomic mass is 16.7. The maximum atomic E-state index is 14.6. The van der Waals surface area contributed by atoms with Gasteiger partial charge in [0, 0.05) is 78.7 Å².